The second-order valence-corrected chi connectivity index (χ2v) is 3.75. The first kappa shape index (κ1) is 10.8. The van der Waals surface area contributed by atoms with Crippen LogP contribution in [0.4, 0.5) is 5.69 Å². The van der Waals surface area contributed by atoms with E-state index >= 15 is 0 Å². The van der Waals surface area contributed by atoms with E-state index in [2.05, 4.69) is 10.2 Å². The highest BCUT2D eigenvalue weighted by Crippen LogP contribution is 2.34. The van der Waals surface area contributed by atoms with Gasteiger partial charge in [-0.25, -0.2) is 0 Å². The minimum atomic E-state index is 0.471. The topological polar surface area (TPSA) is 66.0 Å². The molecule has 1 heterocycles. The number of nitrogens with two attached hydrogens (primary N) is 1. The van der Waals surface area contributed by atoms with Crippen LogP contribution in [0.1, 0.15) is 0 Å². The first-order valence-electron chi connectivity index (χ1n) is 4.61. The normalized spacial score (nSPS) is 10.4. The van der Waals surface area contributed by atoms with Gasteiger partial charge in [-0.1, -0.05) is 11.6 Å². The lowest BCUT2D eigenvalue weighted by atomic mass is 10.1. The summed E-state index contributed by atoms with van der Waals surface area (Å²) >= 11 is 5.97. The van der Waals surface area contributed by atoms with Crippen molar-refractivity contribution in [3.63, 3.8) is 0 Å². The van der Waals surface area contributed by atoms with Gasteiger partial charge >= 0.3 is 0 Å². The number of benzene rings is 1. The molecule has 1 aromatic carbocycles. The Labute approximate surface area is 97.8 Å². The van der Waals surface area contributed by atoms with Gasteiger partial charge in [0.15, 0.2) is 5.82 Å². The first-order chi connectivity index (χ1) is 7.63. The Hall–Kier alpha value is -1.75. The number of halogens is 1. The van der Waals surface area contributed by atoms with E-state index in [1.165, 1.54) is 0 Å². The van der Waals surface area contributed by atoms with Gasteiger partial charge in [-0.2, -0.15) is 0 Å². The lowest BCUT2D eigenvalue weighted by Crippen LogP contribution is -1.97. The Kier molecular flexibility index (Phi) is 2.70. The number of aryl methyl sites for hydroxylation is 1. The molecule has 0 bridgehead atoms. The zero-order chi connectivity index (χ0) is 11.7. The average Bonchev–Trinajstić information content (AvgIpc) is 2.68. The molecule has 2 N–H and O–H groups in total. The molecular weight excluding hydrogens is 228 g/mol. The van der Waals surface area contributed by atoms with Gasteiger partial charge in [0.1, 0.15) is 12.1 Å². The highest BCUT2D eigenvalue weighted by molar-refractivity contribution is 6.33. The third-order valence-corrected chi connectivity index (χ3v) is 2.60. The van der Waals surface area contributed by atoms with Crippen molar-refractivity contribution in [3.05, 3.63) is 23.5 Å². The minimum Gasteiger partial charge on any atom is -0.496 e. The van der Waals surface area contributed by atoms with Gasteiger partial charge in [0.05, 0.1) is 23.4 Å². The molecule has 1 aromatic heterocycles. The van der Waals surface area contributed by atoms with Crippen LogP contribution in [0.3, 0.4) is 0 Å². The number of hydrogen-bond acceptors (Lipinski definition) is 4. The van der Waals surface area contributed by atoms with Crippen LogP contribution in [0.2, 0.25) is 5.02 Å². The molecular formula is C10H11ClN4O. The molecule has 16 heavy (non-hydrogen) atoms. The fraction of sp³-hybridized carbons (Fsp3) is 0.200. The molecule has 2 aromatic rings. The SMILES string of the molecule is COc1cc(N)c(Cl)cc1-c1nncn1C. The predicted molar refractivity (Wildman–Crippen MR) is 62.4 cm³/mol. The van der Waals surface area contributed by atoms with Crippen molar-refractivity contribution < 1.29 is 4.74 Å². The number of hydrogen-bond donors (Lipinski definition) is 1. The number of ether oxygens (including phenoxy) is 1. The van der Waals surface area contributed by atoms with Gasteiger partial charge in [-0.05, 0) is 6.07 Å². The van der Waals surface area contributed by atoms with Crippen molar-refractivity contribution in [1.29, 1.82) is 0 Å². The molecule has 0 atom stereocenters. The Morgan fingerprint density at radius 3 is 2.75 bits per heavy atom. The fourth-order valence-corrected chi connectivity index (χ4v) is 1.60. The third-order valence-electron chi connectivity index (χ3n) is 2.27. The number of nitrogens with zero attached hydrogens (tertiary/aromatic N) is 3. The molecule has 2 rings (SSSR count). The molecule has 0 aliphatic carbocycles. The summed E-state index contributed by atoms with van der Waals surface area (Å²) in [5.41, 5.74) is 6.94. The van der Waals surface area contributed by atoms with E-state index in [1.807, 2.05) is 7.05 Å². The standard InChI is InChI=1S/C10H11ClN4O/c1-15-5-13-14-10(15)6-3-7(11)8(12)4-9(6)16-2/h3-5H,12H2,1-2H3. The molecule has 0 radical (unpaired) electrons. The van der Waals surface area contributed by atoms with Crippen LogP contribution in [0.5, 0.6) is 5.75 Å². The molecule has 0 saturated heterocycles. The highest BCUT2D eigenvalue weighted by atomic mass is 35.5. The maximum atomic E-state index is 5.97. The van der Waals surface area contributed by atoms with Crippen LogP contribution in [-0.2, 0) is 7.05 Å². The smallest absolute Gasteiger partial charge is 0.167 e. The van der Waals surface area contributed by atoms with Crippen molar-refractivity contribution in [2.75, 3.05) is 12.8 Å². The van der Waals surface area contributed by atoms with E-state index in [-0.39, 0.29) is 0 Å². The van der Waals surface area contributed by atoms with Crippen LogP contribution in [0.15, 0.2) is 18.5 Å². The summed E-state index contributed by atoms with van der Waals surface area (Å²) in [6.45, 7) is 0. The van der Waals surface area contributed by atoms with Crippen LogP contribution < -0.4 is 10.5 Å². The van der Waals surface area contributed by atoms with Crippen molar-refractivity contribution in [3.8, 4) is 17.1 Å². The van der Waals surface area contributed by atoms with Crippen LogP contribution in [-0.4, -0.2) is 21.9 Å². The molecule has 0 saturated carbocycles. The van der Waals surface area contributed by atoms with Crippen LogP contribution in [0, 0.1) is 0 Å². The molecule has 0 spiro atoms. The largest absolute Gasteiger partial charge is 0.496 e. The van der Waals surface area contributed by atoms with Crippen LogP contribution in [0.25, 0.3) is 11.4 Å². The molecule has 6 heteroatoms. The zero-order valence-corrected chi connectivity index (χ0v) is 9.69. The summed E-state index contributed by atoms with van der Waals surface area (Å²) in [4.78, 5) is 0. The Morgan fingerprint density at radius 2 is 2.19 bits per heavy atom. The summed E-state index contributed by atoms with van der Waals surface area (Å²) in [7, 11) is 3.42. The first-order valence-corrected chi connectivity index (χ1v) is 4.98. The summed E-state index contributed by atoms with van der Waals surface area (Å²) in [6.07, 6.45) is 1.61. The second-order valence-electron chi connectivity index (χ2n) is 3.34. The number of nitrogen functional groups attached to an aromatic ring is 1. The molecule has 84 valence electrons. The van der Waals surface area contributed by atoms with E-state index in [0.717, 1.165) is 5.56 Å². The van der Waals surface area contributed by atoms with Gasteiger partial charge in [0.2, 0.25) is 0 Å². The summed E-state index contributed by atoms with van der Waals surface area (Å²) in [5, 5.41) is 8.28. The van der Waals surface area contributed by atoms with Gasteiger partial charge in [-0.3, -0.25) is 0 Å². The van der Waals surface area contributed by atoms with Crippen LogP contribution >= 0.6 is 11.6 Å². The van der Waals surface area contributed by atoms with E-state index in [4.69, 9.17) is 22.1 Å². The maximum absolute atomic E-state index is 5.97. The molecule has 0 fully saturated rings. The molecule has 0 aliphatic rings. The lowest BCUT2D eigenvalue weighted by molar-refractivity contribution is 0.416. The van der Waals surface area contributed by atoms with E-state index < -0.39 is 0 Å². The van der Waals surface area contributed by atoms with E-state index in [1.54, 1.807) is 30.1 Å². The molecule has 0 unspecified atom stereocenters. The molecule has 5 nitrogen and oxygen atoms in total. The lowest BCUT2D eigenvalue weighted by Gasteiger charge is -2.09. The monoisotopic (exact) mass is 238 g/mol. The number of aromatic nitrogens is 3. The Bertz CT molecular complexity index is 524. The highest BCUT2D eigenvalue weighted by Gasteiger charge is 2.13. The zero-order valence-electron chi connectivity index (χ0n) is 8.94. The van der Waals surface area contributed by atoms with Gasteiger partial charge in [-0.15, -0.1) is 10.2 Å². The van der Waals surface area contributed by atoms with Gasteiger partial charge in [0.25, 0.3) is 0 Å². The number of rotatable bonds is 2. The molecule has 0 aliphatic heterocycles. The third kappa shape index (κ3) is 1.69. The van der Waals surface area contributed by atoms with Crippen molar-refractivity contribution in [2.45, 2.75) is 0 Å². The number of anilines is 1. The van der Waals surface area contributed by atoms with Gasteiger partial charge in [0, 0.05) is 13.1 Å². The summed E-state index contributed by atoms with van der Waals surface area (Å²) in [6, 6.07) is 3.39. The fourth-order valence-electron chi connectivity index (χ4n) is 1.44. The van der Waals surface area contributed by atoms with Crippen molar-refractivity contribution in [2.24, 2.45) is 7.05 Å². The summed E-state index contributed by atoms with van der Waals surface area (Å²) in [5.74, 6) is 1.30. The average molecular weight is 239 g/mol. The Balaban J connectivity index is 2.64. The quantitative estimate of drug-likeness (QED) is 0.810. The van der Waals surface area contributed by atoms with Crippen molar-refractivity contribution in [1.82, 2.24) is 14.8 Å². The minimum absolute atomic E-state index is 0.471. The van der Waals surface area contributed by atoms with Gasteiger partial charge < -0.3 is 15.0 Å². The predicted octanol–water partition coefficient (Wildman–Crippen LogP) is 1.73. The second kappa shape index (κ2) is 4.02. The van der Waals surface area contributed by atoms with E-state index in [9.17, 15) is 0 Å². The maximum Gasteiger partial charge on any atom is 0.167 e. The molecule has 0 amide bonds. The van der Waals surface area contributed by atoms with Crippen molar-refractivity contribution >= 4 is 17.3 Å². The summed E-state index contributed by atoms with van der Waals surface area (Å²) < 4.78 is 7.02. The van der Waals surface area contributed by atoms with E-state index in [0.29, 0.717) is 22.3 Å². The number of methoxy groups -OCH3 is 1. The Morgan fingerprint density at radius 1 is 1.44 bits per heavy atom.